The zero-order chi connectivity index (χ0) is 12.1. The van der Waals surface area contributed by atoms with Crippen LogP contribution in [0.4, 0.5) is 0 Å². The van der Waals surface area contributed by atoms with Crippen LogP contribution in [0.3, 0.4) is 0 Å². The largest absolute Gasteiger partial charge is 0.461 e. The van der Waals surface area contributed by atoms with Gasteiger partial charge in [0.2, 0.25) is 11.7 Å². The molecule has 0 aliphatic carbocycles. The highest BCUT2D eigenvalue weighted by Crippen LogP contribution is 2.16. The van der Waals surface area contributed by atoms with E-state index in [0.717, 1.165) is 19.3 Å². The molecule has 5 nitrogen and oxygen atoms in total. The number of likely N-dealkylation sites (N-methyl/N-ethyl adjacent to an activating group) is 1. The highest BCUT2D eigenvalue weighted by Gasteiger charge is 2.14. The Morgan fingerprint density at radius 2 is 2.35 bits per heavy atom. The fraction of sp³-hybridized carbons (Fsp3) is 0.500. The van der Waals surface area contributed by atoms with Crippen LogP contribution in [0, 0.1) is 0 Å². The molecule has 1 atom stereocenters. The minimum atomic E-state index is 0.380. The Kier molecular flexibility index (Phi) is 3.93. The van der Waals surface area contributed by atoms with Gasteiger partial charge in [0, 0.05) is 12.5 Å². The van der Waals surface area contributed by atoms with Crippen LogP contribution in [0.25, 0.3) is 11.6 Å². The van der Waals surface area contributed by atoms with Gasteiger partial charge in [0.25, 0.3) is 0 Å². The van der Waals surface area contributed by atoms with Crippen LogP contribution in [-0.4, -0.2) is 23.2 Å². The molecule has 0 aromatic carbocycles. The zero-order valence-corrected chi connectivity index (χ0v) is 10.1. The molecule has 0 radical (unpaired) electrons. The van der Waals surface area contributed by atoms with Crippen molar-refractivity contribution in [2.75, 3.05) is 7.05 Å². The molecule has 0 amide bonds. The summed E-state index contributed by atoms with van der Waals surface area (Å²) in [7, 11) is 1.95. The molecule has 0 saturated carbocycles. The quantitative estimate of drug-likeness (QED) is 0.832. The van der Waals surface area contributed by atoms with Crippen molar-refractivity contribution in [1.29, 1.82) is 0 Å². The summed E-state index contributed by atoms with van der Waals surface area (Å²) in [5.74, 6) is 1.79. The molecule has 1 N–H and O–H groups in total. The molecule has 2 heterocycles. The number of hydrogen-bond donors (Lipinski definition) is 1. The van der Waals surface area contributed by atoms with Gasteiger partial charge in [-0.2, -0.15) is 4.98 Å². The summed E-state index contributed by atoms with van der Waals surface area (Å²) in [5.41, 5.74) is 0. The van der Waals surface area contributed by atoms with Gasteiger partial charge >= 0.3 is 0 Å². The standard InChI is InChI=1S/C12H17N3O2/c1-3-5-9(13-2)8-11-14-12(15-17-11)10-6-4-7-16-10/h4,6-7,9,13H,3,5,8H2,1-2H3. The van der Waals surface area contributed by atoms with E-state index in [-0.39, 0.29) is 0 Å². The third-order valence-corrected chi connectivity index (χ3v) is 2.68. The first-order valence-electron chi connectivity index (χ1n) is 5.87. The van der Waals surface area contributed by atoms with Crippen molar-refractivity contribution in [2.24, 2.45) is 0 Å². The molecule has 0 aliphatic heterocycles. The molecule has 2 aromatic rings. The number of hydrogen-bond acceptors (Lipinski definition) is 5. The summed E-state index contributed by atoms with van der Waals surface area (Å²) >= 11 is 0. The molecule has 2 aromatic heterocycles. The van der Waals surface area contributed by atoms with Gasteiger partial charge in [-0.05, 0) is 25.6 Å². The highest BCUT2D eigenvalue weighted by atomic mass is 16.5. The van der Waals surface area contributed by atoms with E-state index in [4.69, 9.17) is 8.94 Å². The Morgan fingerprint density at radius 1 is 1.47 bits per heavy atom. The van der Waals surface area contributed by atoms with E-state index in [1.165, 1.54) is 0 Å². The lowest BCUT2D eigenvalue weighted by molar-refractivity contribution is 0.355. The lowest BCUT2D eigenvalue weighted by atomic mass is 10.1. The van der Waals surface area contributed by atoms with Crippen LogP contribution in [0.2, 0.25) is 0 Å². The van der Waals surface area contributed by atoms with Gasteiger partial charge in [-0.15, -0.1) is 0 Å². The lowest BCUT2D eigenvalue weighted by Crippen LogP contribution is -2.27. The van der Waals surface area contributed by atoms with E-state index in [2.05, 4.69) is 22.4 Å². The predicted molar refractivity (Wildman–Crippen MR) is 63.5 cm³/mol. The van der Waals surface area contributed by atoms with Gasteiger partial charge in [0.15, 0.2) is 5.76 Å². The molecular weight excluding hydrogens is 218 g/mol. The highest BCUT2D eigenvalue weighted by molar-refractivity contribution is 5.44. The minimum absolute atomic E-state index is 0.380. The van der Waals surface area contributed by atoms with E-state index in [0.29, 0.717) is 23.5 Å². The third kappa shape index (κ3) is 2.94. The number of nitrogens with one attached hydrogen (secondary N) is 1. The smallest absolute Gasteiger partial charge is 0.238 e. The maximum Gasteiger partial charge on any atom is 0.238 e. The molecule has 17 heavy (non-hydrogen) atoms. The van der Waals surface area contributed by atoms with Crippen LogP contribution in [0.15, 0.2) is 27.3 Å². The maximum atomic E-state index is 5.21. The number of furan rings is 1. The average Bonchev–Trinajstić information content (AvgIpc) is 2.98. The van der Waals surface area contributed by atoms with E-state index in [9.17, 15) is 0 Å². The second-order valence-electron chi connectivity index (χ2n) is 3.97. The predicted octanol–water partition coefficient (Wildman–Crippen LogP) is 2.26. The van der Waals surface area contributed by atoms with Crippen molar-refractivity contribution in [3.63, 3.8) is 0 Å². The Hall–Kier alpha value is -1.62. The lowest BCUT2D eigenvalue weighted by Gasteiger charge is -2.11. The van der Waals surface area contributed by atoms with E-state index in [1.54, 1.807) is 12.3 Å². The van der Waals surface area contributed by atoms with Crippen LogP contribution in [0.5, 0.6) is 0 Å². The molecule has 2 rings (SSSR count). The van der Waals surface area contributed by atoms with Gasteiger partial charge in [-0.3, -0.25) is 0 Å². The zero-order valence-electron chi connectivity index (χ0n) is 10.1. The number of aromatic nitrogens is 2. The molecule has 0 bridgehead atoms. The fourth-order valence-corrected chi connectivity index (χ4v) is 1.75. The van der Waals surface area contributed by atoms with Crippen molar-refractivity contribution >= 4 is 0 Å². The van der Waals surface area contributed by atoms with Crippen LogP contribution < -0.4 is 5.32 Å². The van der Waals surface area contributed by atoms with Gasteiger partial charge in [0.05, 0.1) is 6.26 Å². The summed E-state index contributed by atoms with van der Waals surface area (Å²) in [6, 6.07) is 4.00. The van der Waals surface area contributed by atoms with E-state index >= 15 is 0 Å². The van der Waals surface area contributed by atoms with E-state index in [1.807, 2.05) is 13.1 Å². The Balaban J connectivity index is 2.03. The van der Waals surface area contributed by atoms with Crippen molar-refractivity contribution in [2.45, 2.75) is 32.2 Å². The second kappa shape index (κ2) is 5.63. The van der Waals surface area contributed by atoms with Crippen LogP contribution >= 0.6 is 0 Å². The topological polar surface area (TPSA) is 64.1 Å². The molecule has 1 unspecified atom stereocenters. The van der Waals surface area contributed by atoms with Crippen LogP contribution in [0.1, 0.15) is 25.7 Å². The summed E-state index contributed by atoms with van der Waals surface area (Å²) in [6.45, 7) is 2.16. The molecule has 0 fully saturated rings. The molecular formula is C12H17N3O2. The number of rotatable bonds is 6. The van der Waals surface area contributed by atoms with Crippen molar-refractivity contribution < 1.29 is 8.94 Å². The Labute approximate surface area is 100 Å². The summed E-state index contributed by atoms with van der Waals surface area (Å²) in [5, 5.41) is 7.14. The van der Waals surface area contributed by atoms with Crippen LogP contribution in [-0.2, 0) is 6.42 Å². The maximum absolute atomic E-state index is 5.21. The fourth-order valence-electron chi connectivity index (χ4n) is 1.75. The number of nitrogens with zero attached hydrogens (tertiary/aromatic N) is 2. The third-order valence-electron chi connectivity index (χ3n) is 2.68. The first kappa shape index (κ1) is 11.9. The first-order valence-corrected chi connectivity index (χ1v) is 5.87. The van der Waals surface area contributed by atoms with Gasteiger partial charge in [-0.1, -0.05) is 18.5 Å². The molecule has 92 valence electrons. The average molecular weight is 235 g/mol. The van der Waals surface area contributed by atoms with Crippen molar-refractivity contribution in [3.8, 4) is 11.6 Å². The summed E-state index contributed by atoms with van der Waals surface area (Å²) in [4.78, 5) is 4.31. The molecule has 0 saturated heterocycles. The molecule has 5 heteroatoms. The first-order chi connectivity index (χ1) is 8.33. The summed E-state index contributed by atoms with van der Waals surface area (Å²) in [6.07, 6.45) is 4.57. The Bertz CT molecular complexity index is 436. The molecule has 0 aliphatic rings. The van der Waals surface area contributed by atoms with Gasteiger partial charge in [-0.25, -0.2) is 0 Å². The van der Waals surface area contributed by atoms with E-state index < -0.39 is 0 Å². The minimum Gasteiger partial charge on any atom is -0.461 e. The molecule has 0 spiro atoms. The van der Waals surface area contributed by atoms with Crippen molar-refractivity contribution in [3.05, 3.63) is 24.3 Å². The second-order valence-corrected chi connectivity index (χ2v) is 3.97. The Morgan fingerprint density at radius 3 is 3.00 bits per heavy atom. The van der Waals surface area contributed by atoms with Gasteiger partial charge < -0.3 is 14.3 Å². The van der Waals surface area contributed by atoms with Crippen molar-refractivity contribution in [1.82, 2.24) is 15.5 Å². The van der Waals surface area contributed by atoms with Gasteiger partial charge in [0.1, 0.15) is 0 Å². The normalized spacial score (nSPS) is 12.8. The SMILES string of the molecule is CCCC(Cc1nc(-c2ccco2)no1)NC. The summed E-state index contributed by atoms with van der Waals surface area (Å²) < 4.78 is 10.4. The monoisotopic (exact) mass is 235 g/mol.